The van der Waals surface area contributed by atoms with E-state index in [0.29, 0.717) is 30.3 Å². The van der Waals surface area contributed by atoms with Crippen LogP contribution in [0, 0.1) is 5.92 Å². The number of hydrogen-bond acceptors (Lipinski definition) is 5. The summed E-state index contributed by atoms with van der Waals surface area (Å²) >= 11 is 1.36. The monoisotopic (exact) mass is 366 g/mol. The number of aromatic amines is 1. The molecule has 0 radical (unpaired) electrons. The maximum Gasteiger partial charge on any atom is 0.263 e. The highest BCUT2D eigenvalue weighted by Gasteiger charge is 2.50. The summed E-state index contributed by atoms with van der Waals surface area (Å²) in [6.07, 6.45) is 3.16. The molecule has 1 saturated carbocycles. The number of aromatic nitrogens is 2. The predicted octanol–water partition coefficient (Wildman–Crippen LogP) is 2.49. The van der Waals surface area contributed by atoms with E-state index in [1.165, 1.54) is 11.3 Å². The van der Waals surface area contributed by atoms with Crippen LogP contribution in [0.5, 0.6) is 5.75 Å². The van der Waals surface area contributed by atoms with Gasteiger partial charge in [0.05, 0.1) is 17.6 Å². The number of carbonyl (C=O) groups excluding carboxylic acids is 1. The molecular weight excluding hydrogens is 350 g/mol. The Morgan fingerprint density at radius 2 is 2.20 bits per heavy atom. The molecule has 0 unspecified atom stereocenters. The highest BCUT2D eigenvalue weighted by atomic mass is 32.1. The van der Waals surface area contributed by atoms with E-state index < -0.39 is 5.92 Å². The average Bonchev–Trinajstić information content (AvgIpc) is 3.16. The van der Waals surface area contributed by atoms with Gasteiger partial charge in [0, 0.05) is 37.2 Å². The van der Waals surface area contributed by atoms with Crippen molar-refractivity contribution in [2.45, 2.75) is 24.8 Å². The van der Waals surface area contributed by atoms with Crippen LogP contribution >= 0.6 is 11.3 Å². The first-order chi connectivity index (χ1) is 12.0. The smallest absolute Gasteiger partial charge is 0.263 e. The third-order valence-electron chi connectivity index (χ3n) is 5.16. The fourth-order valence-corrected chi connectivity index (χ4v) is 5.03. The molecule has 132 valence electrons. The summed E-state index contributed by atoms with van der Waals surface area (Å²) in [5.74, 6) is -2.27. The number of thiophene rings is 1. The van der Waals surface area contributed by atoms with Crippen LogP contribution in [0.2, 0.25) is 0 Å². The van der Waals surface area contributed by atoms with Crippen molar-refractivity contribution in [3.8, 4) is 16.2 Å². The SMILES string of the molecule is O=C1N[C@@H](C2CC(F)(F)C2)CN2CCOc3c(-c4cn[nH]c4)sc1c32. The van der Waals surface area contributed by atoms with Gasteiger partial charge >= 0.3 is 0 Å². The first-order valence-corrected chi connectivity index (χ1v) is 9.06. The van der Waals surface area contributed by atoms with Crippen LogP contribution < -0.4 is 15.0 Å². The van der Waals surface area contributed by atoms with E-state index in [0.717, 1.165) is 16.1 Å². The van der Waals surface area contributed by atoms with Crippen LogP contribution in [-0.4, -0.2) is 47.8 Å². The molecule has 3 aliphatic rings. The molecule has 1 atom stereocenters. The van der Waals surface area contributed by atoms with Gasteiger partial charge in [0.25, 0.3) is 5.91 Å². The zero-order chi connectivity index (χ0) is 17.2. The van der Waals surface area contributed by atoms with Gasteiger partial charge in [-0.1, -0.05) is 0 Å². The molecule has 1 aliphatic carbocycles. The summed E-state index contributed by atoms with van der Waals surface area (Å²) in [6.45, 7) is 1.70. The number of nitrogens with one attached hydrogen (secondary N) is 2. The van der Waals surface area contributed by atoms with Gasteiger partial charge in [-0.15, -0.1) is 11.3 Å². The summed E-state index contributed by atoms with van der Waals surface area (Å²) in [5, 5.41) is 9.71. The Labute approximate surface area is 146 Å². The normalized spacial score (nSPS) is 24.8. The molecule has 0 saturated heterocycles. The van der Waals surface area contributed by atoms with Gasteiger partial charge in [-0.3, -0.25) is 9.89 Å². The molecule has 2 aliphatic heterocycles. The van der Waals surface area contributed by atoms with Gasteiger partial charge in [0.1, 0.15) is 17.2 Å². The quantitative estimate of drug-likeness (QED) is 0.857. The Balaban J connectivity index is 1.52. The van der Waals surface area contributed by atoms with Gasteiger partial charge in [-0.05, 0) is 5.92 Å². The number of anilines is 1. The number of nitrogens with zero attached hydrogens (tertiary/aromatic N) is 2. The zero-order valence-corrected chi connectivity index (χ0v) is 14.0. The molecule has 2 aromatic heterocycles. The van der Waals surface area contributed by atoms with Crippen LogP contribution in [0.1, 0.15) is 22.5 Å². The van der Waals surface area contributed by atoms with Crippen LogP contribution in [0.25, 0.3) is 10.4 Å². The molecule has 2 aromatic rings. The van der Waals surface area contributed by atoms with Crippen molar-refractivity contribution < 1.29 is 18.3 Å². The van der Waals surface area contributed by atoms with Crippen molar-refractivity contribution in [2.24, 2.45) is 5.92 Å². The van der Waals surface area contributed by atoms with Gasteiger partial charge in [-0.2, -0.15) is 5.10 Å². The molecule has 0 aromatic carbocycles. The van der Waals surface area contributed by atoms with E-state index in [9.17, 15) is 13.6 Å². The maximum atomic E-state index is 13.3. The van der Waals surface area contributed by atoms with Crippen molar-refractivity contribution in [2.75, 3.05) is 24.6 Å². The van der Waals surface area contributed by atoms with E-state index in [1.54, 1.807) is 12.4 Å². The van der Waals surface area contributed by atoms with E-state index in [2.05, 4.69) is 20.4 Å². The largest absolute Gasteiger partial charge is 0.488 e. The van der Waals surface area contributed by atoms with Gasteiger partial charge in [-0.25, -0.2) is 8.78 Å². The summed E-state index contributed by atoms with van der Waals surface area (Å²) < 4.78 is 32.4. The average molecular weight is 366 g/mol. The lowest BCUT2D eigenvalue weighted by molar-refractivity contribution is -0.117. The number of halogens is 2. The van der Waals surface area contributed by atoms with Crippen molar-refractivity contribution in [1.82, 2.24) is 15.5 Å². The minimum absolute atomic E-state index is 0.150. The minimum Gasteiger partial charge on any atom is -0.488 e. The lowest BCUT2D eigenvalue weighted by Gasteiger charge is -2.41. The Morgan fingerprint density at radius 3 is 2.92 bits per heavy atom. The van der Waals surface area contributed by atoms with E-state index in [4.69, 9.17) is 4.74 Å². The molecule has 5 rings (SSSR count). The van der Waals surface area contributed by atoms with E-state index >= 15 is 0 Å². The minimum atomic E-state index is -2.59. The zero-order valence-electron chi connectivity index (χ0n) is 13.2. The summed E-state index contributed by atoms with van der Waals surface area (Å²) in [7, 11) is 0. The first kappa shape index (κ1) is 15.1. The van der Waals surface area contributed by atoms with Gasteiger partial charge < -0.3 is 15.0 Å². The van der Waals surface area contributed by atoms with Crippen LogP contribution in [0.4, 0.5) is 14.5 Å². The Morgan fingerprint density at radius 1 is 1.36 bits per heavy atom. The summed E-state index contributed by atoms with van der Waals surface area (Å²) in [5.41, 5.74) is 1.66. The second-order valence-corrected chi connectivity index (χ2v) is 7.84. The lowest BCUT2D eigenvalue weighted by atomic mass is 9.76. The third-order valence-corrected chi connectivity index (χ3v) is 6.36. The van der Waals surface area contributed by atoms with Crippen LogP contribution in [-0.2, 0) is 0 Å². The van der Waals surface area contributed by atoms with Crippen LogP contribution in [0.15, 0.2) is 12.4 Å². The van der Waals surface area contributed by atoms with Gasteiger partial charge in [0.15, 0.2) is 5.75 Å². The number of ether oxygens (including phenoxy) is 1. The molecule has 2 N–H and O–H groups in total. The third kappa shape index (κ3) is 2.32. The Hall–Kier alpha value is -2.16. The van der Waals surface area contributed by atoms with Crippen molar-refractivity contribution >= 4 is 22.9 Å². The molecular formula is C16H16F2N4O2S. The molecule has 0 bridgehead atoms. The van der Waals surface area contributed by atoms with Crippen molar-refractivity contribution in [3.05, 3.63) is 17.3 Å². The number of hydrogen-bond donors (Lipinski definition) is 2. The molecule has 0 spiro atoms. The Bertz CT molecular complexity index is 828. The topological polar surface area (TPSA) is 70.2 Å². The summed E-state index contributed by atoms with van der Waals surface area (Å²) in [4.78, 5) is 16.3. The number of rotatable bonds is 2. The number of alkyl halides is 2. The number of carbonyl (C=O) groups is 1. The molecule has 6 nitrogen and oxygen atoms in total. The maximum absolute atomic E-state index is 13.3. The molecule has 9 heteroatoms. The van der Waals surface area contributed by atoms with Crippen molar-refractivity contribution in [1.29, 1.82) is 0 Å². The van der Waals surface area contributed by atoms with Crippen LogP contribution in [0.3, 0.4) is 0 Å². The standard InChI is InChI=1S/C16H16F2N4O2S/c17-16(18)3-8(4-16)10-7-22-1-2-24-12-11(22)14(15(23)21-10)25-13(12)9-5-19-20-6-9/h5-6,8,10H,1-4,7H2,(H,19,20)(H,21,23)/t10-/m1/s1. The predicted molar refractivity (Wildman–Crippen MR) is 88.5 cm³/mol. The number of H-pyrrole nitrogens is 1. The highest BCUT2D eigenvalue weighted by molar-refractivity contribution is 7.18. The second kappa shape index (κ2) is 5.17. The second-order valence-electron chi connectivity index (χ2n) is 6.82. The Kier molecular flexibility index (Phi) is 3.13. The highest BCUT2D eigenvalue weighted by Crippen LogP contribution is 2.51. The summed E-state index contributed by atoms with van der Waals surface area (Å²) in [6, 6.07) is -0.255. The molecule has 25 heavy (non-hydrogen) atoms. The van der Waals surface area contributed by atoms with Gasteiger partial charge in [0.2, 0.25) is 5.92 Å². The number of amides is 1. The molecule has 1 amide bonds. The van der Waals surface area contributed by atoms with E-state index in [1.807, 2.05) is 0 Å². The molecule has 4 heterocycles. The lowest BCUT2D eigenvalue weighted by Crippen LogP contribution is -2.53. The fraction of sp³-hybridized carbons (Fsp3) is 0.500. The van der Waals surface area contributed by atoms with E-state index in [-0.39, 0.29) is 30.7 Å². The first-order valence-electron chi connectivity index (χ1n) is 8.24. The fourth-order valence-electron chi connectivity index (χ4n) is 3.88. The molecule has 1 fully saturated rings. The van der Waals surface area contributed by atoms with Crippen molar-refractivity contribution in [3.63, 3.8) is 0 Å².